The molecule has 1 unspecified atom stereocenters. The minimum absolute atomic E-state index is 0.0210. The maximum Gasteiger partial charge on any atom is 0.256 e. The second kappa shape index (κ2) is 4.45. The Kier molecular flexibility index (Phi) is 3.48. The molecule has 1 rings (SSSR count). The van der Waals surface area contributed by atoms with E-state index in [1.807, 2.05) is 19.9 Å². The van der Waals surface area contributed by atoms with Crippen LogP contribution in [0.15, 0.2) is 30.3 Å². The molecule has 0 fully saturated rings. The molecule has 0 aliphatic carbocycles. The summed E-state index contributed by atoms with van der Waals surface area (Å²) < 4.78 is 0. The third-order valence-electron chi connectivity index (χ3n) is 2.20. The number of rotatable bonds is 3. The minimum atomic E-state index is -1.47. The van der Waals surface area contributed by atoms with E-state index in [4.69, 9.17) is 0 Å². The van der Waals surface area contributed by atoms with Crippen LogP contribution in [0, 0.1) is 0 Å². The summed E-state index contributed by atoms with van der Waals surface area (Å²) in [5.74, 6) is -0.372. The fraction of sp³-hybridized carbons (Fsp3) is 0.417. The van der Waals surface area contributed by atoms with E-state index in [1.165, 1.54) is 6.92 Å². The molecule has 0 aromatic heterocycles. The van der Waals surface area contributed by atoms with Crippen LogP contribution in [0.1, 0.15) is 26.3 Å². The lowest BCUT2D eigenvalue weighted by Gasteiger charge is -2.24. The molecule has 15 heavy (non-hydrogen) atoms. The van der Waals surface area contributed by atoms with Crippen molar-refractivity contribution in [2.75, 3.05) is 0 Å². The average molecular weight is 207 g/mol. The summed E-state index contributed by atoms with van der Waals surface area (Å²) in [5.41, 5.74) is -0.867. The molecule has 0 spiro atoms. The zero-order chi connectivity index (χ0) is 11.5. The smallest absolute Gasteiger partial charge is 0.256 e. The summed E-state index contributed by atoms with van der Waals surface area (Å²) in [6.07, 6.45) is 0. The second-order valence-electron chi connectivity index (χ2n) is 4.07. The van der Waals surface area contributed by atoms with Crippen LogP contribution in [0.5, 0.6) is 0 Å². The highest BCUT2D eigenvalue weighted by molar-refractivity contribution is 5.85. The van der Waals surface area contributed by atoms with Gasteiger partial charge in [-0.1, -0.05) is 30.3 Å². The third kappa shape index (κ3) is 2.80. The Hall–Kier alpha value is -1.35. The van der Waals surface area contributed by atoms with Gasteiger partial charge in [0.25, 0.3) is 5.91 Å². The van der Waals surface area contributed by atoms with Gasteiger partial charge in [-0.05, 0) is 26.3 Å². The molecule has 3 heteroatoms. The van der Waals surface area contributed by atoms with Crippen LogP contribution < -0.4 is 5.32 Å². The molecule has 0 saturated carbocycles. The third-order valence-corrected chi connectivity index (χ3v) is 2.20. The lowest BCUT2D eigenvalue weighted by Crippen LogP contribution is -2.44. The molecular formula is C12H17NO2. The van der Waals surface area contributed by atoms with Crippen LogP contribution in [0.25, 0.3) is 0 Å². The van der Waals surface area contributed by atoms with Crippen LogP contribution in [0.2, 0.25) is 0 Å². The molecule has 1 aromatic carbocycles. The average Bonchev–Trinajstić information content (AvgIpc) is 2.18. The van der Waals surface area contributed by atoms with Gasteiger partial charge in [0.05, 0.1) is 0 Å². The highest BCUT2D eigenvalue weighted by Crippen LogP contribution is 2.20. The van der Waals surface area contributed by atoms with Crippen LogP contribution in [-0.4, -0.2) is 17.1 Å². The van der Waals surface area contributed by atoms with Crippen molar-refractivity contribution in [2.24, 2.45) is 0 Å². The van der Waals surface area contributed by atoms with Gasteiger partial charge in [-0.15, -0.1) is 0 Å². The van der Waals surface area contributed by atoms with Gasteiger partial charge < -0.3 is 10.4 Å². The van der Waals surface area contributed by atoms with Gasteiger partial charge in [0.15, 0.2) is 5.60 Å². The molecule has 1 aromatic rings. The van der Waals surface area contributed by atoms with Gasteiger partial charge in [-0.2, -0.15) is 0 Å². The lowest BCUT2D eigenvalue weighted by molar-refractivity contribution is -0.139. The summed E-state index contributed by atoms with van der Waals surface area (Å²) in [7, 11) is 0. The van der Waals surface area contributed by atoms with Crippen molar-refractivity contribution in [3.8, 4) is 0 Å². The monoisotopic (exact) mass is 207 g/mol. The van der Waals surface area contributed by atoms with Crippen molar-refractivity contribution < 1.29 is 9.90 Å². The Morgan fingerprint density at radius 3 is 2.33 bits per heavy atom. The Balaban J connectivity index is 2.88. The van der Waals surface area contributed by atoms with Crippen molar-refractivity contribution in [3.05, 3.63) is 35.9 Å². The number of carbonyl (C=O) groups excluding carboxylic acids is 1. The predicted octanol–water partition coefficient (Wildman–Crippen LogP) is 1.42. The van der Waals surface area contributed by atoms with Gasteiger partial charge in [0.1, 0.15) is 0 Å². The summed E-state index contributed by atoms with van der Waals surface area (Å²) in [4.78, 5) is 11.7. The van der Waals surface area contributed by atoms with E-state index >= 15 is 0 Å². The molecule has 0 aliphatic heterocycles. The molecule has 0 heterocycles. The summed E-state index contributed by atoms with van der Waals surface area (Å²) in [6, 6.07) is 8.94. The normalized spacial score (nSPS) is 14.7. The molecule has 2 N–H and O–H groups in total. The largest absolute Gasteiger partial charge is 0.376 e. The first-order valence-corrected chi connectivity index (χ1v) is 5.03. The van der Waals surface area contributed by atoms with E-state index in [1.54, 1.807) is 24.3 Å². The van der Waals surface area contributed by atoms with Crippen molar-refractivity contribution in [1.82, 2.24) is 5.32 Å². The highest BCUT2D eigenvalue weighted by atomic mass is 16.3. The van der Waals surface area contributed by atoms with Crippen LogP contribution >= 0.6 is 0 Å². The van der Waals surface area contributed by atoms with Gasteiger partial charge in [-0.25, -0.2) is 0 Å². The Morgan fingerprint density at radius 2 is 1.87 bits per heavy atom. The van der Waals surface area contributed by atoms with Gasteiger partial charge in [0.2, 0.25) is 0 Å². The van der Waals surface area contributed by atoms with Crippen LogP contribution in [0.3, 0.4) is 0 Å². The molecule has 0 aliphatic rings. The maximum absolute atomic E-state index is 11.7. The van der Waals surface area contributed by atoms with Crippen molar-refractivity contribution in [3.63, 3.8) is 0 Å². The van der Waals surface area contributed by atoms with Gasteiger partial charge in [-0.3, -0.25) is 4.79 Å². The zero-order valence-corrected chi connectivity index (χ0v) is 9.32. The second-order valence-corrected chi connectivity index (χ2v) is 4.07. The van der Waals surface area contributed by atoms with Crippen molar-refractivity contribution in [1.29, 1.82) is 0 Å². The van der Waals surface area contributed by atoms with Crippen molar-refractivity contribution in [2.45, 2.75) is 32.4 Å². The topological polar surface area (TPSA) is 49.3 Å². The molecule has 0 saturated heterocycles. The molecule has 1 amide bonds. The molecule has 82 valence electrons. The van der Waals surface area contributed by atoms with E-state index in [0.717, 1.165) is 0 Å². The van der Waals surface area contributed by atoms with Crippen LogP contribution in [-0.2, 0) is 10.4 Å². The van der Waals surface area contributed by atoms with E-state index in [-0.39, 0.29) is 11.9 Å². The summed E-state index contributed by atoms with van der Waals surface area (Å²) >= 11 is 0. The number of hydrogen-bond acceptors (Lipinski definition) is 2. The van der Waals surface area contributed by atoms with Gasteiger partial charge in [0, 0.05) is 6.04 Å². The highest BCUT2D eigenvalue weighted by Gasteiger charge is 2.32. The van der Waals surface area contributed by atoms with E-state index in [2.05, 4.69) is 5.32 Å². The van der Waals surface area contributed by atoms with Crippen LogP contribution in [0.4, 0.5) is 0 Å². The number of benzene rings is 1. The van der Waals surface area contributed by atoms with Gasteiger partial charge >= 0.3 is 0 Å². The predicted molar refractivity (Wildman–Crippen MR) is 59.3 cm³/mol. The first-order valence-electron chi connectivity index (χ1n) is 5.03. The maximum atomic E-state index is 11.7. The zero-order valence-electron chi connectivity index (χ0n) is 9.32. The Labute approximate surface area is 90.1 Å². The van der Waals surface area contributed by atoms with E-state index < -0.39 is 5.60 Å². The quantitative estimate of drug-likeness (QED) is 0.787. The minimum Gasteiger partial charge on any atom is -0.376 e. The summed E-state index contributed by atoms with van der Waals surface area (Å²) in [5, 5.41) is 12.8. The SMILES string of the molecule is CC(C)NC(=O)C(C)(O)c1ccccc1. The number of nitrogens with one attached hydrogen (secondary N) is 1. The number of hydrogen-bond donors (Lipinski definition) is 2. The Bertz CT molecular complexity index is 331. The summed E-state index contributed by atoms with van der Waals surface area (Å²) in [6.45, 7) is 5.22. The fourth-order valence-corrected chi connectivity index (χ4v) is 1.30. The standard InChI is InChI=1S/C12H17NO2/c1-9(2)13-11(14)12(3,15)10-7-5-4-6-8-10/h4-9,15H,1-3H3,(H,13,14). The number of amides is 1. The first kappa shape index (κ1) is 11.7. The molecule has 1 atom stereocenters. The van der Waals surface area contributed by atoms with E-state index in [0.29, 0.717) is 5.56 Å². The molecule has 3 nitrogen and oxygen atoms in total. The number of aliphatic hydroxyl groups is 1. The fourth-order valence-electron chi connectivity index (χ4n) is 1.30. The number of carbonyl (C=O) groups is 1. The molecule has 0 radical (unpaired) electrons. The Morgan fingerprint density at radius 1 is 1.33 bits per heavy atom. The van der Waals surface area contributed by atoms with Crippen molar-refractivity contribution >= 4 is 5.91 Å². The lowest BCUT2D eigenvalue weighted by atomic mass is 9.95. The molecule has 0 bridgehead atoms. The first-order chi connectivity index (χ1) is 6.94. The molecular weight excluding hydrogens is 190 g/mol. The van der Waals surface area contributed by atoms with E-state index in [9.17, 15) is 9.90 Å².